The van der Waals surface area contributed by atoms with Gasteiger partial charge in [-0.3, -0.25) is 4.79 Å². The van der Waals surface area contributed by atoms with Crippen molar-refractivity contribution in [3.05, 3.63) is 72.3 Å². The van der Waals surface area contributed by atoms with Crippen LogP contribution in [0.25, 0.3) is 11.3 Å². The Morgan fingerprint density at radius 1 is 1.09 bits per heavy atom. The number of benzene rings is 2. The van der Waals surface area contributed by atoms with Gasteiger partial charge in [0, 0.05) is 36.0 Å². The van der Waals surface area contributed by atoms with Crippen molar-refractivity contribution in [3.63, 3.8) is 0 Å². The zero-order chi connectivity index (χ0) is 24.3. The van der Waals surface area contributed by atoms with Gasteiger partial charge in [0.15, 0.2) is 6.10 Å². The standard InChI is InChI=1S/C26H32N4O3S/c1-3-32-24-12-8-7-11-20(24)15-29-25(31)18(2)33-26-23(28-16-21(27)17-34)14-13-22(30-26)19-9-5-4-6-10-19/h4-14,18,21,28,34H,3,15-17,27H2,1-2H3,(H,29,31). The molecule has 0 radical (unpaired) electrons. The fourth-order valence-corrected chi connectivity index (χ4v) is 3.36. The molecule has 0 spiro atoms. The van der Waals surface area contributed by atoms with Crippen molar-refractivity contribution in [2.24, 2.45) is 5.73 Å². The molecule has 0 fully saturated rings. The average molecular weight is 481 g/mol. The molecule has 2 atom stereocenters. The number of nitrogens with zero attached hydrogens (tertiary/aromatic N) is 1. The molecule has 2 unspecified atom stereocenters. The van der Waals surface area contributed by atoms with E-state index in [1.54, 1.807) is 6.92 Å². The van der Waals surface area contributed by atoms with E-state index in [1.165, 1.54) is 0 Å². The van der Waals surface area contributed by atoms with Gasteiger partial charge in [-0.2, -0.15) is 12.6 Å². The Balaban J connectivity index is 1.73. The number of ether oxygens (including phenoxy) is 2. The number of nitrogens with two attached hydrogens (primary N) is 1. The molecule has 0 bridgehead atoms. The van der Waals surface area contributed by atoms with Crippen LogP contribution in [0.4, 0.5) is 5.69 Å². The Labute approximate surface area is 206 Å². The van der Waals surface area contributed by atoms with E-state index >= 15 is 0 Å². The third-order valence-corrected chi connectivity index (χ3v) is 5.57. The van der Waals surface area contributed by atoms with E-state index in [0.29, 0.717) is 37.0 Å². The van der Waals surface area contributed by atoms with Crippen molar-refractivity contribution in [3.8, 4) is 22.9 Å². The second kappa shape index (κ2) is 12.9. The summed E-state index contributed by atoms with van der Waals surface area (Å²) in [6, 6.07) is 21.1. The van der Waals surface area contributed by atoms with Crippen LogP contribution < -0.4 is 25.8 Å². The molecule has 4 N–H and O–H groups in total. The van der Waals surface area contributed by atoms with Gasteiger partial charge in [-0.25, -0.2) is 4.98 Å². The number of hydrogen-bond acceptors (Lipinski definition) is 7. The molecular weight excluding hydrogens is 448 g/mol. The molecule has 3 aromatic rings. The summed E-state index contributed by atoms with van der Waals surface area (Å²) in [5.41, 5.74) is 9.26. The first kappa shape index (κ1) is 25.4. The first-order valence-electron chi connectivity index (χ1n) is 11.3. The second-order valence-electron chi connectivity index (χ2n) is 7.76. The minimum atomic E-state index is -0.767. The van der Waals surface area contributed by atoms with Gasteiger partial charge in [0.2, 0.25) is 5.88 Å². The molecule has 1 amide bonds. The van der Waals surface area contributed by atoms with Crippen LogP contribution in [0.3, 0.4) is 0 Å². The van der Waals surface area contributed by atoms with E-state index in [2.05, 4.69) is 28.2 Å². The lowest BCUT2D eigenvalue weighted by atomic mass is 10.1. The van der Waals surface area contributed by atoms with Crippen LogP contribution >= 0.6 is 12.6 Å². The lowest BCUT2D eigenvalue weighted by Crippen LogP contribution is -2.36. The van der Waals surface area contributed by atoms with E-state index in [1.807, 2.05) is 73.7 Å². The van der Waals surface area contributed by atoms with Gasteiger partial charge in [0.05, 0.1) is 18.0 Å². The van der Waals surface area contributed by atoms with E-state index in [9.17, 15) is 4.79 Å². The number of carbonyl (C=O) groups excluding carboxylic acids is 1. The van der Waals surface area contributed by atoms with Gasteiger partial charge >= 0.3 is 0 Å². The van der Waals surface area contributed by atoms with Crippen molar-refractivity contribution in [2.45, 2.75) is 32.5 Å². The second-order valence-corrected chi connectivity index (χ2v) is 8.12. The van der Waals surface area contributed by atoms with Crippen molar-refractivity contribution in [1.82, 2.24) is 10.3 Å². The molecule has 1 heterocycles. The maximum atomic E-state index is 12.8. The minimum Gasteiger partial charge on any atom is -0.494 e. The van der Waals surface area contributed by atoms with E-state index in [4.69, 9.17) is 15.2 Å². The van der Waals surface area contributed by atoms with Crippen molar-refractivity contribution in [2.75, 3.05) is 24.2 Å². The Kier molecular flexibility index (Phi) is 9.61. The molecule has 34 heavy (non-hydrogen) atoms. The summed E-state index contributed by atoms with van der Waals surface area (Å²) < 4.78 is 11.7. The predicted molar refractivity (Wildman–Crippen MR) is 140 cm³/mol. The fraction of sp³-hybridized carbons (Fsp3) is 0.308. The summed E-state index contributed by atoms with van der Waals surface area (Å²) in [5, 5.41) is 6.18. The van der Waals surface area contributed by atoms with Crippen molar-refractivity contribution in [1.29, 1.82) is 0 Å². The Morgan fingerprint density at radius 2 is 1.82 bits per heavy atom. The monoisotopic (exact) mass is 480 g/mol. The van der Waals surface area contributed by atoms with Crippen LogP contribution in [0, 0.1) is 0 Å². The highest BCUT2D eigenvalue weighted by molar-refractivity contribution is 7.80. The lowest BCUT2D eigenvalue weighted by Gasteiger charge is -2.19. The molecule has 2 aromatic carbocycles. The first-order valence-corrected chi connectivity index (χ1v) is 12.0. The number of rotatable bonds is 12. The number of hydrogen-bond donors (Lipinski definition) is 4. The SMILES string of the molecule is CCOc1ccccc1CNC(=O)C(C)Oc1nc(-c2ccccc2)ccc1NCC(N)CS. The van der Waals surface area contributed by atoms with Crippen LogP contribution in [0.15, 0.2) is 66.7 Å². The molecule has 3 rings (SSSR count). The van der Waals surface area contributed by atoms with Crippen molar-refractivity contribution < 1.29 is 14.3 Å². The van der Waals surface area contributed by atoms with E-state index < -0.39 is 6.10 Å². The van der Waals surface area contributed by atoms with E-state index in [0.717, 1.165) is 22.6 Å². The van der Waals surface area contributed by atoms with Crippen LogP contribution in [-0.2, 0) is 11.3 Å². The van der Waals surface area contributed by atoms with Gasteiger partial charge < -0.3 is 25.8 Å². The Hall–Kier alpha value is -3.23. The zero-order valence-corrected chi connectivity index (χ0v) is 20.4. The maximum Gasteiger partial charge on any atom is 0.261 e. The summed E-state index contributed by atoms with van der Waals surface area (Å²) in [6.07, 6.45) is -0.767. The Bertz CT molecular complexity index is 1060. The molecule has 180 valence electrons. The van der Waals surface area contributed by atoms with Gasteiger partial charge in [-0.1, -0.05) is 48.5 Å². The molecule has 0 saturated heterocycles. The molecule has 0 saturated carbocycles. The summed E-state index contributed by atoms with van der Waals surface area (Å²) >= 11 is 4.23. The van der Waals surface area contributed by atoms with Crippen LogP contribution in [0.1, 0.15) is 19.4 Å². The molecule has 7 nitrogen and oxygen atoms in total. The third kappa shape index (κ3) is 7.13. The minimum absolute atomic E-state index is 0.129. The summed E-state index contributed by atoms with van der Waals surface area (Å²) in [6.45, 7) is 5.02. The Morgan fingerprint density at radius 3 is 2.56 bits per heavy atom. The molecule has 0 aliphatic rings. The zero-order valence-electron chi connectivity index (χ0n) is 19.5. The number of carbonyl (C=O) groups is 1. The highest BCUT2D eigenvalue weighted by Gasteiger charge is 2.19. The molecule has 0 aliphatic carbocycles. The highest BCUT2D eigenvalue weighted by Crippen LogP contribution is 2.28. The summed E-state index contributed by atoms with van der Waals surface area (Å²) in [5.74, 6) is 1.38. The van der Waals surface area contributed by atoms with Gasteiger partial charge in [0.25, 0.3) is 5.91 Å². The number of nitrogens with one attached hydrogen (secondary N) is 2. The fourth-order valence-electron chi connectivity index (χ4n) is 3.23. The number of pyridine rings is 1. The topological polar surface area (TPSA) is 98.5 Å². The largest absolute Gasteiger partial charge is 0.494 e. The highest BCUT2D eigenvalue weighted by atomic mass is 32.1. The van der Waals surface area contributed by atoms with E-state index in [-0.39, 0.29) is 11.9 Å². The normalized spacial score (nSPS) is 12.5. The molecule has 8 heteroatoms. The smallest absolute Gasteiger partial charge is 0.261 e. The molecule has 0 aliphatic heterocycles. The summed E-state index contributed by atoms with van der Waals surface area (Å²) in [7, 11) is 0. The first-order chi connectivity index (χ1) is 16.5. The van der Waals surface area contributed by atoms with Crippen LogP contribution in [0.5, 0.6) is 11.6 Å². The predicted octanol–water partition coefficient (Wildman–Crippen LogP) is 3.90. The van der Waals surface area contributed by atoms with Gasteiger partial charge in [-0.05, 0) is 32.0 Å². The third-order valence-electron chi connectivity index (χ3n) is 5.10. The number of amides is 1. The maximum absolute atomic E-state index is 12.8. The number of thiol groups is 1. The molecule has 1 aromatic heterocycles. The molecular formula is C26H32N4O3S. The summed E-state index contributed by atoms with van der Waals surface area (Å²) in [4.78, 5) is 17.5. The number of para-hydroxylation sites is 1. The van der Waals surface area contributed by atoms with Crippen LogP contribution in [0.2, 0.25) is 0 Å². The van der Waals surface area contributed by atoms with Crippen LogP contribution in [-0.4, -0.2) is 41.9 Å². The number of anilines is 1. The van der Waals surface area contributed by atoms with Crippen molar-refractivity contribution >= 4 is 24.2 Å². The van der Waals surface area contributed by atoms with Gasteiger partial charge in [-0.15, -0.1) is 0 Å². The average Bonchev–Trinajstić information content (AvgIpc) is 2.87. The quantitative estimate of drug-likeness (QED) is 0.294. The number of aromatic nitrogens is 1. The van der Waals surface area contributed by atoms with Gasteiger partial charge in [0.1, 0.15) is 5.75 Å². The lowest BCUT2D eigenvalue weighted by molar-refractivity contribution is -0.127.